The standard InChI is InChI=1S/C14H12N2O2S/c1-8-15-13(17)12-11(7-19-14(12)16-8)9-4-3-5-10(6-9)18-2/h3-7H,1-2H3,(H,15,16,17). The second-order valence-corrected chi connectivity index (χ2v) is 5.07. The second-order valence-electron chi connectivity index (χ2n) is 4.21. The molecule has 0 saturated heterocycles. The van der Waals surface area contributed by atoms with Gasteiger partial charge in [-0.25, -0.2) is 4.98 Å². The zero-order valence-corrected chi connectivity index (χ0v) is 11.4. The number of benzene rings is 1. The Balaban J connectivity index is 2.28. The van der Waals surface area contributed by atoms with E-state index in [1.165, 1.54) is 11.3 Å². The zero-order chi connectivity index (χ0) is 13.4. The first-order chi connectivity index (χ1) is 9.19. The lowest BCUT2D eigenvalue weighted by molar-refractivity contribution is 0.415. The molecule has 0 aliphatic rings. The fourth-order valence-electron chi connectivity index (χ4n) is 2.06. The summed E-state index contributed by atoms with van der Waals surface area (Å²) in [5, 5.41) is 2.60. The van der Waals surface area contributed by atoms with Gasteiger partial charge in [-0.2, -0.15) is 0 Å². The predicted octanol–water partition coefficient (Wildman–Crippen LogP) is 2.97. The van der Waals surface area contributed by atoms with Crippen LogP contribution in [0.15, 0.2) is 34.4 Å². The van der Waals surface area contributed by atoms with E-state index in [2.05, 4.69) is 9.97 Å². The molecular weight excluding hydrogens is 260 g/mol. The molecule has 0 saturated carbocycles. The quantitative estimate of drug-likeness (QED) is 0.780. The third kappa shape index (κ3) is 2.02. The minimum atomic E-state index is -0.0958. The van der Waals surface area contributed by atoms with Crippen LogP contribution in [0.2, 0.25) is 0 Å². The smallest absolute Gasteiger partial charge is 0.260 e. The van der Waals surface area contributed by atoms with Gasteiger partial charge in [-0.15, -0.1) is 11.3 Å². The first-order valence-electron chi connectivity index (χ1n) is 5.81. The molecule has 2 heterocycles. The molecule has 96 valence electrons. The average molecular weight is 272 g/mol. The molecule has 19 heavy (non-hydrogen) atoms. The molecule has 5 heteroatoms. The van der Waals surface area contributed by atoms with Gasteiger partial charge in [0.15, 0.2) is 0 Å². The molecule has 3 rings (SSSR count). The molecule has 4 nitrogen and oxygen atoms in total. The Labute approximate surface area is 113 Å². The summed E-state index contributed by atoms with van der Waals surface area (Å²) >= 11 is 1.48. The summed E-state index contributed by atoms with van der Waals surface area (Å²) in [6.45, 7) is 1.78. The van der Waals surface area contributed by atoms with Gasteiger partial charge < -0.3 is 9.72 Å². The van der Waals surface area contributed by atoms with E-state index in [4.69, 9.17) is 4.74 Å². The molecule has 0 unspecified atom stereocenters. The molecule has 0 spiro atoms. The summed E-state index contributed by atoms with van der Waals surface area (Å²) in [7, 11) is 1.63. The number of H-pyrrole nitrogens is 1. The Bertz CT molecular complexity index is 805. The molecular formula is C14H12N2O2S. The van der Waals surface area contributed by atoms with Crippen LogP contribution < -0.4 is 10.3 Å². The van der Waals surface area contributed by atoms with Crippen LogP contribution in [-0.2, 0) is 0 Å². The van der Waals surface area contributed by atoms with Crippen LogP contribution in [0.5, 0.6) is 5.75 Å². The van der Waals surface area contributed by atoms with Crippen molar-refractivity contribution >= 4 is 21.6 Å². The van der Waals surface area contributed by atoms with Gasteiger partial charge in [0.1, 0.15) is 16.4 Å². The molecule has 0 aliphatic carbocycles. The lowest BCUT2D eigenvalue weighted by Crippen LogP contribution is -2.08. The number of hydrogen-bond donors (Lipinski definition) is 1. The van der Waals surface area contributed by atoms with Gasteiger partial charge in [0, 0.05) is 10.9 Å². The van der Waals surface area contributed by atoms with E-state index in [0.717, 1.165) is 21.7 Å². The molecule has 0 atom stereocenters. The van der Waals surface area contributed by atoms with Gasteiger partial charge in [0.25, 0.3) is 5.56 Å². The summed E-state index contributed by atoms with van der Waals surface area (Å²) in [5.41, 5.74) is 1.76. The first-order valence-corrected chi connectivity index (χ1v) is 6.69. The van der Waals surface area contributed by atoms with Crippen molar-refractivity contribution in [1.82, 2.24) is 9.97 Å². The van der Waals surface area contributed by atoms with E-state index in [9.17, 15) is 4.79 Å². The van der Waals surface area contributed by atoms with Crippen molar-refractivity contribution in [2.45, 2.75) is 6.92 Å². The van der Waals surface area contributed by atoms with E-state index in [-0.39, 0.29) is 5.56 Å². The van der Waals surface area contributed by atoms with Crippen LogP contribution in [0.25, 0.3) is 21.3 Å². The van der Waals surface area contributed by atoms with E-state index in [0.29, 0.717) is 11.2 Å². The maximum atomic E-state index is 12.1. The fraction of sp³-hybridized carbons (Fsp3) is 0.143. The molecule has 1 aromatic carbocycles. The van der Waals surface area contributed by atoms with Gasteiger partial charge in [0.2, 0.25) is 0 Å². The van der Waals surface area contributed by atoms with Crippen LogP contribution >= 0.6 is 11.3 Å². The lowest BCUT2D eigenvalue weighted by atomic mass is 10.1. The Morgan fingerprint density at radius 3 is 3.00 bits per heavy atom. The summed E-state index contributed by atoms with van der Waals surface area (Å²) in [6, 6.07) is 7.67. The minimum absolute atomic E-state index is 0.0958. The third-order valence-corrected chi connectivity index (χ3v) is 3.82. The maximum absolute atomic E-state index is 12.1. The third-order valence-electron chi connectivity index (χ3n) is 2.94. The van der Waals surface area contributed by atoms with Gasteiger partial charge in [-0.05, 0) is 24.6 Å². The number of rotatable bonds is 2. The van der Waals surface area contributed by atoms with E-state index >= 15 is 0 Å². The zero-order valence-electron chi connectivity index (χ0n) is 10.6. The van der Waals surface area contributed by atoms with Crippen molar-refractivity contribution in [3.05, 3.63) is 45.8 Å². The number of ether oxygens (including phenoxy) is 1. The van der Waals surface area contributed by atoms with E-state index in [1.807, 2.05) is 29.6 Å². The second kappa shape index (κ2) is 4.51. The summed E-state index contributed by atoms with van der Waals surface area (Å²) in [6.07, 6.45) is 0. The summed E-state index contributed by atoms with van der Waals surface area (Å²) < 4.78 is 5.22. The van der Waals surface area contributed by atoms with Crippen molar-refractivity contribution in [3.8, 4) is 16.9 Å². The first kappa shape index (κ1) is 11.9. The number of aromatic nitrogens is 2. The topological polar surface area (TPSA) is 55.0 Å². The SMILES string of the molecule is COc1cccc(-c2csc3nc(C)[nH]c(=O)c23)c1. The number of methoxy groups -OCH3 is 1. The molecule has 1 N–H and O–H groups in total. The Kier molecular flexibility index (Phi) is 2.83. The van der Waals surface area contributed by atoms with Gasteiger partial charge in [-0.1, -0.05) is 12.1 Å². The Morgan fingerprint density at radius 1 is 1.37 bits per heavy atom. The molecule has 0 bridgehead atoms. The number of thiophene rings is 1. The van der Waals surface area contributed by atoms with Crippen LogP contribution in [0.4, 0.5) is 0 Å². The highest BCUT2D eigenvalue weighted by atomic mass is 32.1. The number of nitrogens with one attached hydrogen (secondary N) is 1. The monoisotopic (exact) mass is 272 g/mol. The highest BCUT2D eigenvalue weighted by Gasteiger charge is 2.12. The predicted molar refractivity (Wildman–Crippen MR) is 77.0 cm³/mol. The van der Waals surface area contributed by atoms with E-state index in [1.54, 1.807) is 14.0 Å². The van der Waals surface area contributed by atoms with Crippen molar-refractivity contribution in [2.75, 3.05) is 7.11 Å². The lowest BCUT2D eigenvalue weighted by Gasteiger charge is -2.03. The highest BCUT2D eigenvalue weighted by molar-refractivity contribution is 7.17. The summed E-state index contributed by atoms with van der Waals surface area (Å²) in [5.74, 6) is 1.41. The van der Waals surface area contributed by atoms with Crippen LogP contribution in [0.1, 0.15) is 5.82 Å². The van der Waals surface area contributed by atoms with Crippen molar-refractivity contribution in [1.29, 1.82) is 0 Å². The van der Waals surface area contributed by atoms with Crippen molar-refractivity contribution < 1.29 is 4.74 Å². The molecule has 2 aromatic heterocycles. The molecule has 0 radical (unpaired) electrons. The number of aryl methyl sites for hydroxylation is 1. The van der Waals surface area contributed by atoms with Gasteiger partial charge in [0.05, 0.1) is 12.5 Å². The molecule has 3 aromatic rings. The van der Waals surface area contributed by atoms with Gasteiger partial charge in [-0.3, -0.25) is 4.79 Å². The number of aromatic amines is 1. The summed E-state index contributed by atoms with van der Waals surface area (Å²) in [4.78, 5) is 20.0. The minimum Gasteiger partial charge on any atom is -0.497 e. The van der Waals surface area contributed by atoms with Crippen molar-refractivity contribution in [3.63, 3.8) is 0 Å². The normalized spacial score (nSPS) is 10.8. The Hall–Kier alpha value is -2.14. The number of hydrogen-bond acceptors (Lipinski definition) is 4. The van der Waals surface area contributed by atoms with E-state index < -0.39 is 0 Å². The largest absolute Gasteiger partial charge is 0.497 e. The molecule has 0 amide bonds. The number of fused-ring (bicyclic) bond motifs is 1. The van der Waals surface area contributed by atoms with Crippen LogP contribution in [0, 0.1) is 6.92 Å². The van der Waals surface area contributed by atoms with Crippen LogP contribution in [0.3, 0.4) is 0 Å². The highest BCUT2D eigenvalue weighted by Crippen LogP contribution is 2.32. The fourth-order valence-corrected chi connectivity index (χ4v) is 3.05. The average Bonchev–Trinajstić information content (AvgIpc) is 2.82. The number of nitrogens with zero attached hydrogens (tertiary/aromatic N) is 1. The molecule has 0 fully saturated rings. The molecule has 0 aliphatic heterocycles. The maximum Gasteiger partial charge on any atom is 0.260 e. The van der Waals surface area contributed by atoms with Crippen molar-refractivity contribution in [2.24, 2.45) is 0 Å². The van der Waals surface area contributed by atoms with Gasteiger partial charge >= 0.3 is 0 Å². The Morgan fingerprint density at radius 2 is 2.21 bits per heavy atom. The van der Waals surface area contributed by atoms with Crippen LogP contribution in [-0.4, -0.2) is 17.1 Å².